The van der Waals surface area contributed by atoms with Crippen molar-refractivity contribution in [1.29, 1.82) is 5.26 Å². The number of nitrogens with zero attached hydrogens (tertiary/aromatic N) is 4. The summed E-state index contributed by atoms with van der Waals surface area (Å²) in [5.74, 6) is 0. The molecular weight excluding hydrogens is 953 g/mol. The lowest BCUT2D eigenvalue weighted by Crippen LogP contribution is -2.09. The summed E-state index contributed by atoms with van der Waals surface area (Å²) in [7, 11) is 0. The van der Waals surface area contributed by atoms with Gasteiger partial charge in [-0.05, 0) is 41.0 Å². The first-order valence-corrected chi connectivity index (χ1v) is 26.6. The minimum atomic E-state index is 0.381. The topological polar surface area (TPSA) is 51.1 Å². The van der Waals surface area contributed by atoms with Gasteiger partial charge in [-0.25, -0.2) is 4.85 Å². The molecule has 346 valence electrons. The molecule has 7 heteroatoms. The maximum Gasteiger partial charge on any atom is 0.221 e. The summed E-state index contributed by atoms with van der Waals surface area (Å²) >= 11 is 3.54. The van der Waals surface area contributed by atoms with Crippen molar-refractivity contribution < 1.29 is 4.42 Å². The number of thiophene rings is 2. The quantitative estimate of drug-likeness (QED) is 0.161. The number of furan rings is 1. The van der Waals surface area contributed by atoms with Crippen LogP contribution in [-0.4, -0.2) is 9.13 Å². The molecule has 16 rings (SSSR count). The Hall–Kier alpha value is -9.76. The molecule has 5 nitrogen and oxygen atoms in total. The summed E-state index contributed by atoms with van der Waals surface area (Å²) < 4.78 is 16.3. The van der Waals surface area contributed by atoms with Crippen molar-refractivity contribution in [3.05, 3.63) is 235 Å². The zero-order valence-electron chi connectivity index (χ0n) is 39.8. The van der Waals surface area contributed by atoms with Crippen molar-refractivity contribution in [2.45, 2.75) is 0 Å². The van der Waals surface area contributed by atoms with Gasteiger partial charge in [-0.2, -0.15) is 5.26 Å². The van der Waals surface area contributed by atoms with E-state index in [9.17, 15) is 11.8 Å². The maximum atomic E-state index is 12.5. The van der Waals surface area contributed by atoms with Gasteiger partial charge in [0.15, 0.2) is 5.58 Å². The maximum absolute atomic E-state index is 12.5. The molecule has 0 atom stereocenters. The van der Waals surface area contributed by atoms with Crippen LogP contribution in [0.25, 0.3) is 155 Å². The summed E-state index contributed by atoms with van der Waals surface area (Å²) in [6, 6.07) is 79.5. The highest BCUT2D eigenvalue weighted by Crippen LogP contribution is 2.56. The third-order valence-corrected chi connectivity index (χ3v) is 17.8. The molecule has 11 aromatic carbocycles. The number of aromatic nitrogens is 2. The van der Waals surface area contributed by atoms with Gasteiger partial charge in [0.1, 0.15) is 11.7 Å². The van der Waals surface area contributed by atoms with Gasteiger partial charge >= 0.3 is 0 Å². The van der Waals surface area contributed by atoms with Gasteiger partial charge in [0.25, 0.3) is 0 Å². The minimum absolute atomic E-state index is 0.381. The summed E-state index contributed by atoms with van der Waals surface area (Å²) in [6.45, 7) is 9.75. The lowest BCUT2D eigenvalue weighted by Gasteiger charge is -2.26. The van der Waals surface area contributed by atoms with Crippen molar-refractivity contribution in [1.82, 2.24) is 9.13 Å². The Morgan fingerprint density at radius 1 is 0.400 bits per heavy atom. The van der Waals surface area contributed by atoms with E-state index in [1.165, 1.54) is 20.2 Å². The van der Waals surface area contributed by atoms with Crippen LogP contribution in [0.4, 0.5) is 5.69 Å². The van der Waals surface area contributed by atoms with E-state index in [0.717, 1.165) is 125 Å². The lowest BCUT2D eigenvalue weighted by atomic mass is 9.88. The predicted octanol–water partition coefficient (Wildman–Crippen LogP) is 19.9. The Morgan fingerprint density at radius 2 is 0.867 bits per heavy atom. The van der Waals surface area contributed by atoms with Crippen LogP contribution >= 0.6 is 22.7 Å². The van der Waals surface area contributed by atoms with E-state index in [-0.39, 0.29) is 0 Å². The summed E-state index contributed by atoms with van der Waals surface area (Å²) in [6.07, 6.45) is 0. The molecule has 75 heavy (non-hydrogen) atoms. The first-order chi connectivity index (χ1) is 37.2. The third kappa shape index (κ3) is 5.74. The zero-order chi connectivity index (χ0) is 49.5. The SMILES string of the molecule is [C-]#[N+]c1c(-c2ccccc2)c(-n2c3c(-c4ccccc4)cccc3c3ccc4c5ccccc5oc4c32)c(-c2ccccc2)c(C#N)c1-n1c2c(ccc3c4ccccc4sc32)c2ccc3c4ccccc4sc3c21. The van der Waals surface area contributed by atoms with Gasteiger partial charge in [-0.15, -0.1) is 22.7 Å². The van der Waals surface area contributed by atoms with E-state index in [4.69, 9.17) is 9.26 Å². The summed E-state index contributed by atoms with van der Waals surface area (Å²) in [4.78, 5) is 4.76. The molecule has 0 saturated heterocycles. The zero-order valence-corrected chi connectivity index (χ0v) is 41.4. The third-order valence-electron chi connectivity index (χ3n) is 15.4. The Balaban J connectivity index is 1.20. The molecule has 0 radical (unpaired) electrons. The van der Waals surface area contributed by atoms with Crippen molar-refractivity contribution in [2.24, 2.45) is 0 Å². The van der Waals surface area contributed by atoms with Gasteiger partial charge in [0.05, 0.1) is 55.0 Å². The second-order valence-corrected chi connectivity index (χ2v) is 21.3. The van der Waals surface area contributed by atoms with Crippen LogP contribution in [0.5, 0.6) is 0 Å². The fraction of sp³-hybridized carbons (Fsp3) is 0. The second kappa shape index (κ2) is 15.9. The van der Waals surface area contributed by atoms with Crippen molar-refractivity contribution in [3.63, 3.8) is 0 Å². The van der Waals surface area contributed by atoms with Gasteiger partial charge in [0, 0.05) is 80.0 Å². The molecule has 0 bridgehead atoms. The van der Waals surface area contributed by atoms with Crippen LogP contribution in [0.3, 0.4) is 0 Å². The molecule has 0 aliphatic rings. The van der Waals surface area contributed by atoms with Crippen molar-refractivity contribution >= 4 is 134 Å². The molecule has 16 aromatic rings. The molecular formula is C68H36N4OS2. The molecule has 5 aromatic heterocycles. The average molecular weight is 989 g/mol. The second-order valence-electron chi connectivity index (χ2n) is 19.2. The number of hydrogen-bond donors (Lipinski definition) is 0. The van der Waals surface area contributed by atoms with E-state index in [1.54, 1.807) is 22.7 Å². The average Bonchev–Trinajstić information content (AvgIpc) is 4.44. The van der Waals surface area contributed by atoms with Crippen LogP contribution < -0.4 is 0 Å². The van der Waals surface area contributed by atoms with Crippen molar-refractivity contribution in [2.75, 3.05) is 0 Å². The first-order valence-electron chi connectivity index (χ1n) is 24.9. The summed E-state index contributed by atoms with van der Waals surface area (Å²) in [5, 5.41) is 23.3. The van der Waals surface area contributed by atoms with Crippen LogP contribution in [0.2, 0.25) is 0 Å². The van der Waals surface area contributed by atoms with E-state index < -0.39 is 0 Å². The molecule has 0 unspecified atom stereocenters. The molecule has 5 heterocycles. The van der Waals surface area contributed by atoms with Crippen LogP contribution in [-0.2, 0) is 0 Å². The smallest absolute Gasteiger partial charge is 0.221 e. The molecule has 0 saturated carbocycles. The Morgan fingerprint density at radius 3 is 1.47 bits per heavy atom. The highest BCUT2D eigenvalue weighted by atomic mass is 32.1. The number of nitriles is 1. The first kappa shape index (κ1) is 41.8. The molecule has 0 aliphatic heterocycles. The fourth-order valence-corrected chi connectivity index (χ4v) is 14.8. The van der Waals surface area contributed by atoms with Gasteiger partial charge in [-0.3, -0.25) is 0 Å². The van der Waals surface area contributed by atoms with Gasteiger partial charge in [-0.1, -0.05) is 194 Å². The number of benzene rings is 11. The van der Waals surface area contributed by atoms with Crippen LogP contribution in [0.15, 0.2) is 223 Å². The van der Waals surface area contributed by atoms with Crippen molar-refractivity contribution in [3.8, 4) is 50.8 Å². The Bertz CT molecular complexity index is 4990. The van der Waals surface area contributed by atoms with E-state index in [2.05, 4.69) is 179 Å². The van der Waals surface area contributed by atoms with E-state index in [0.29, 0.717) is 16.9 Å². The Kier molecular flexibility index (Phi) is 8.85. The number of para-hydroxylation sites is 2. The molecule has 0 N–H and O–H groups in total. The molecule has 0 spiro atoms. The molecule has 0 aliphatic carbocycles. The van der Waals surface area contributed by atoms with Crippen LogP contribution in [0, 0.1) is 17.9 Å². The van der Waals surface area contributed by atoms with Crippen LogP contribution in [0.1, 0.15) is 5.56 Å². The van der Waals surface area contributed by atoms with E-state index in [1.807, 2.05) is 54.6 Å². The lowest BCUT2D eigenvalue weighted by molar-refractivity contribution is 0.671. The normalized spacial score (nSPS) is 12.0. The molecule has 0 amide bonds. The minimum Gasteiger partial charge on any atom is -0.454 e. The van der Waals surface area contributed by atoms with Gasteiger partial charge < -0.3 is 13.6 Å². The molecule has 0 fully saturated rings. The largest absolute Gasteiger partial charge is 0.454 e. The predicted molar refractivity (Wildman–Crippen MR) is 315 cm³/mol. The summed E-state index contributed by atoms with van der Waals surface area (Å²) in [5.41, 5.74) is 12.6. The highest BCUT2D eigenvalue weighted by molar-refractivity contribution is 7.27. The standard InChI is InChI=1S/C68H36N4OS2/c1-70-59-58(41-22-9-4-10-23-41)65(71-60-42(39-18-5-2-6-19-39)27-17-28-46(60)47-32-35-50-43-24-11-14-29-54(43)73-66(50)62(47)71)57(40-20-7-3-8-21-40)53(38-69)61(59)72-63-48(33-36-51-44-25-12-15-30-55(44)74-67(51)63)49-34-37-52-45-26-13-16-31-56(45)75-68(52)64(49)72/h2-37H. The fourth-order valence-electron chi connectivity index (χ4n) is 12.3. The number of rotatable bonds is 5. The number of hydrogen-bond acceptors (Lipinski definition) is 4. The Labute approximate surface area is 436 Å². The monoisotopic (exact) mass is 988 g/mol. The van der Waals surface area contributed by atoms with E-state index >= 15 is 0 Å². The number of fused-ring (bicyclic) bond motifs is 18. The van der Waals surface area contributed by atoms with Gasteiger partial charge in [0.2, 0.25) is 5.69 Å². The highest BCUT2D eigenvalue weighted by Gasteiger charge is 2.34.